The third-order valence-electron chi connectivity index (χ3n) is 5.70. The molecule has 0 radical (unpaired) electrons. The largest absolute Gasteiger partial charge is 0.461 e. The number of aromatic amines is 1. The van der Waals surface area contributed by atoms with Gasteiger partial charge < -0.3 is 14.6 Å². The van der Waals surface area contributed by atoms with Gasteiger partial charge in [0, 0.05) is 23.7 Å². The molecule has 0 aromatic carbocycles. The average molecular weight is 391 g/mol. The van der Waals surface area contributed by atoms with Gasteiger partial charge in [-0.3, -0.25) is 9.59 Å². The molecule has 1 aliphatic rings. The molecule has 6 heteroatoms. The van der Waals surface area contributed by atoms with Crippen LogP contribution >= 0.6 is 0 Å². The Bertz CT molecular complexity index is 731. The number of rotatable bonds is 9. The summed E-state index contributed by atoms with van der Waals surface area (Å²) in [6, 6.07) is -0.560. The van der Waals surface area contributed by atoms with Gasteiger partial charge in [-0.1, -0.05) is 20.3 Å². The molecule has 0 saturated heterocycles. The number of carbonyl (C=O) groups is 3. The van der Waals surface area contributed by atoms with E-state index in [9.17, 15) is 14.4 Å². The minimum Gasteiger partial charge on any atom is -0.461 e. The zero-order valence-corrected chi connectivity index (χ0v) is 18.1. The van der Waals surface area contributed by atoms with Crippen LogP contribution in [0.25, 0.3) is 0 Å². The van der Waals surface area contributed by atoms with Crippen molar-refractivity contribution >= 4 is 17.7 Å². The summed E-state index contributed by atoms with van der Waals surface area (Å²) >= 11 is 0. The molecule has 1 heterocycles. The number of esters is 1. The number of aromatic nitrogens is 1. The maximum atomic E-state index is 13.3. The van der Waals surface area contributed by atoms with E-state index in [4.69, 9.17) is 4.74 Å². The molecule has 28 heavy (non-hydrogen) atoms. The van der Waals surface area contributed by atoms with Crippen molar-refractivity contribution in [1.82, 2.24) is 9.88 Å². The molecule has 1 atom stereocenters. The fourth-order valence-electron chi connectivity index (χ4n) is 3.66. The van der Waals surface area contributed by atoms with Gasteiger partial charge in [0.2, 0.25) is 5.91 Å². The van der Waals surface area contributed by atoms with Crippen molar-refractivity contribution in [2.24, 2.45) is 11.8 Å². The first-order chi connectivity index (χ1) is 13.2. The highest BCUT2D eigenvalue weighted by Gasteiger charge is 2.35. The summed E-state index contributed by atoms with van der Waals surface area (Å²) in [6.07, 6.45) is 3.76. The quantitative estimate of drug-likeness (QED) is 0.509. The number of H-pyrrole nitrogens is 1. The van der Waals surface area contributed by atoms with Crippen LogP contribution < -0.4 is 0 Å². The Morgan fingerprint density at radius 2 is 1.82 bits per heavy atom. The molecular formula is C22H34N2O4. The molecule has 1 amide bonds. The van der Waals surface area contributed by atoms with E-state index in [1.165, 1.54) is 0 Å². The fraction of sp³-hybridized carbons (Fsp3) is 0.682. The minimum absolute atomic E-state index is 0.0472. The van der Waals surface area contributed by atoms with Gasteiger partial charge in [0.1, 0.15) is 5.69 Å². The first-order valence-electron chi connectivity index (χ1n) is 10.4. The average Bonchev–Trinajstić information content (AvgIpc) is 2.87. The summed E-state index contributed by atoms with van der Waals surface area (Å²) in [4.78, 5) is 43.2. The van der Waals surface area contributed by atoms with Gasteiger partial charge in [-0.15, -0.1) is 0 Å². The molecule has 1 aromatic rings. The molecule has 1 saturated carbocycles. The first-order valence-corrected chi connectivity index (χ1v) is 10.4. The van der Waals surface area contributed by atoms with Crippen molar-refractivity contribution in [2.45, 2.75) is 73.3 Å². The Balaban J connectivity index is 2.28. The van der Waals surface area contributed by atoms with Gasteiger partial charge in [0.15, 0.2) is 5.78 Å². The van der Waals surface area contributed by atoms with Gasteiger partial charge in [0.25, 0.3) is 0 Å². The summed E-state index contributed by atoms with van der Waals surface area (Å²) in [5.41, 5.74) is 2.03. The van der Waals surface area contributed by atoms with Gasteiger partial charge in [-0.05, 0) is 58.4 Å². The van der Waals surface area contributed by atoms with Crippen molar-refractivity contribution < 1.29 is 19.1 Å². The van der Waals surface area contributed by atoms with E-state index in [-0.39, 0.29) is 24.2 Å². The van der Waals surface area contributed by atoms with E-state index in [0.29, 0.717) is 35.0 Å². The molecule has 1 aromatic heterocycles. The van der Waals surface area contributed by atoms with Crippen LogP contribution in [0.2, 0.25) is 0 Å². The van der Waals surface area contributed by atoms with Crippen molar-refractivity contribution in [3.63, 3.8) is 0 Å². The number of hydrogen-bond acceptors (Lipinski definition) is 4. The second-order valence-corrected chi connectivity index (χ2v) is 8.23. The van der Waals surface area contributed by atoms with E-state index in [1.54, 1.807) is 32.6 Å². The van der Waals surface area contributed by atoms with Crippen molar-refractivity contribution in [3.8, 4) is 0 Å². The van der Waals surface area contributed by atoms with Crippen molar-refractivity contribution in [1.29, 1.82) is 0 Å². The van der Waals surface area contributed by atoms with Crippen LogP contribution in [0.1, 0.15) is 85.5 Å². The molecule has 0 bridgehead atoms. The van der Waals surface area contributed by atoms with Gasteiger partial charge in [-0.2, -0.15) is 0 Å². The maximum absolute atomic E-state index is 13.3. The number of carbonyl (C=O) groups excluding carboxylic acids is 3. The molecular weight excluding hydrogens is 356 g/mol. The normalized spacial score (nSPS) is 15.2. The second-order valence-electron chi connectivity index (χ2n) is 8.23. The predicted octanol–water partition coefficient (Wildman–Crippen LogP) is 4.05. The molecule has 0 aliphatic heterocycles. The van der Waals surface area contributed by atoms with E-state index >= 15 is 0 Å². The summed E-state index contributed by atoms with van der Waals surface area (Å²) in [5, 5.41) is 0. The number of ether oxygens (including phenoxy) is 1. The molecule has 1 N–H and O–H groups in total. The molecule has 156 valence electrons. The highest BCUT2D eigenvalue weighted by molar-refractivity contribution is 6.06. The van der Waals surface area contributed by atoms with E-state index in [2.05, 4.69) is 18.8 Å². The van der Waals surface area contributed by atoms with Crippen molar-refractivity contribution in [3.05, 3.63) is 22.5 Å². The van der Waals surface area contributed by atoms with Crippen LogP contribution in [0.15, 0.2) is 0 Å². The van der Waals surface area contributed by atoms with Crippen LogP contribution in [0, 0.1) is 25.7 Å². The molecule has 2 rings (SSSR count). The number of ketones is 1. The number of nitrogens with one attached hydrogen (secondary N) is 1. The highest BCUT2D eigenvalue weighted by atomic mass is 16.5. The van der Waals surface area contributed by atoms with Gasteiger partial charge in [0.05, 0.1) is 12.6 Å². The third kappa shape index (κ3) is 4.65. The predicted molar refractivity (Wildman–Crippen MR) is 109 cm³/mol. The summed E-state index contributed by atoms with van der Waals surface area (Å²) < 4.78 is 5.08. The number of Topliss-reactive ketones (excluding diaryl/α,β-unsaturated/α-hetero) is 1. The zero-order chi connectivity index (χ0) is 21.0. The smallest absolute Gasteiger partial charge is 0.355 e. The lowest BCUT2D eigenvalue weighted by atomic mass is 9.83. The zero-order valence-electron chi connectivity index (χ0n) is 18.1. The van der Waals surface area contributed by atoms with Crippen LogP contribution in [0.5, 0.6) is 0 Å². The van der Waals surface area contributed by atoms with Crippen LogP contribution in [-0.4, -0.2) is 46.7 Å². The summed E-state index contributed by atoms with van der Waals surface area (Å²) in [7, 11) is 0. The topological polar surface area (TPSA) is 79.5 Å². The number of nitrogens with zero attached hydrogens (tertiary/aromatic N) is 1. The SMILES string of the molecule is CCOC(=O)c1[nH]c(C)c(C(=O)[C@@H](C)N(CCC(C)C)C(=O)C2CCC2)c1C. The third-order valence-corrected chi connectivity index (χ3v) is 5.70. The molecule has 0 unspecified atom stereocenters. The maximum Gasteiger partial charge on any atom is 0.355 e. The van der Waals surface area contributed by atoms with Crippen LogP contribution in [0.3, 0.4) is 0 Å². The van der Waals surface area contributed by atoms with E-state index < -0.39 is 12.0 Å². The Labute approximate surface area is 168 Å². The monoisotopic (exact) mass is 390 g/mol. The number of amides is 1. The summed E-state index contributed by atoms with van der Waals surface area (Å²) in [5.74, 6) is -0.00416. The minimum atomic E-state index is -0.560. The Kier molecular flexibility index (Phi) is 7.44. The lowest BCUT2D eigenvalue weighted by Gasteiger charge is -2.35. The Morgan fingerprint density at radius 3 is 2.32 bits per heavy atom. The standard InChI is InChI=1S/C22H34N2O4/c1-7-28-22(27)19-14(4)18(15(5)23-19)20(25)16(6)24(12-11-13(2)3)21(26)17-9-8-10-17/h13,16-17,23H,7-12H2,1-6H3/t16-/m1/s1. The summed E-state index contributed by atoms with van der Waals surface area (Å²) in [6.45, 7) is 12.2. The lowest BCUT2D eigenvalue weighted by Crippen LogP contribution is -2.48. The van der Waals surface area contributed by atoms with E-state index in [1.807, 2.05) is 0 Å². The van der Waals surface area contributed by atoms with Gasteiger partial charge >= 0.3 is 5.97 Å². The molecule has 6 nitrogen and oxygen atoms in total. The first kappa shape index (κ1) is 22.2. The Hall–Kier alpha value is -2.11. The van der Waals surface area contributed by atoms with Crippen LogP contribution in [0.4, 0.5) is 0 Å². The van der Waals surface area contributed by atoms with Crippen LogP contribution in [-0.2, 0) is 9.53 Å². The molecule has 1 aliphatic carbocycles. The molecule has 0 spiro atoms. The lowest BCUT2D eigenvalue weighted by molar-refractivity contribution is -0.139. The molecule has 1 fully saturated rings. The second kappa shape index (κ2) is 9.39. The van der Waals surface area contributed by atoms with Crippen molar-refractivity contribution in [2.75, 3.05) is 13.2 Å². The fourth-order valence-corrected chi connectivity index (χ4v) is 3.66. The number of aryl methyl sites for hydroxylation is 1. The number of hydrogen-bond donors (Lipinski definition) is 1. The Morgan fingerprint density at radius 1 is 1.18 bits per heavy atom. The van der Waals surface area contributed by atoms with Gasteiger partial charge in [-0.25, -0.2) is 4.79 Å². The highest BCUT2D eigenvalue weighted by Crippen LogP contribution is 2.30. The van der Waals surface area contributed by atoms with E-state index in [0.717, 1.165) is 25.7 Å².